The molecule has 0 fully saturated rings. The van der Waals surface area contributed by atoms with Gasteiger partial charge in [-0.1, -0.05) is 80.9 Å². The molecule has 0 radical (unpaired) electrons. The first-order chi connectivity index (χ1) is 14.4. The van der Waals surface area contributed by atoms with E-state index in [9.17, 15) is 4.79 Å². The molecule has 0 aliphatic rings. The van der Waals surface area contributed by atoms with E-state index in [1.807, 2.05) is 6.92 Å². The van der Waals surface area contributed by atoms with E-state index in [-0.39, 0.29) is 16.8 Å². The van der Waals surface area contributed by atoms with Crippen molar-refractivity contribution in [3.63, 3.8) is 0 Å². The standard InChI is InChI=1S/C22H29Cl2N3O2S/c1-5-7-8-9-10-11-15(6-2)18-19(22(28)29-4)27-21(14(3)26-18)30-16-12-13-25-20(24)17(16)23/h12-13,15H,5-11H2,1-4H3. The number of hydrogen-bond donors (Lipinski definition) is 0. The topological polar surface area (TPSA) is 65.0 Å². The number of unbranched alkanes of at least 4 members (excludes halogenated alkanes) is 4. The Bertz CT molecular complexity index is 865. The third kappa shape index (κ3) is 6.56. The van der Waals surface area contributed by atoms with Crippen LogP contribution in [0.3, 0.4) is 0 Å². The van der Waals surface area contributed by atoms with Gasteiger partial charge in [-0.25, -0.2) is 14.8 Å². The van der Waals surface area contributed by atoms with Gasteiger partial charge in [0.1, 0.15) is 10.2 Å². The van der Waals surface area contributed by atoms with Gasteiger partial charge in [0, 0.05) is 17.0 Å². The van der Waals surface area contributed by atoms with Crippen molar-refractivity contribution in [2.75, 3.05) is 7.11 Å². The lowest BCUT2D eigenvalue weighted by Crippen LogP contribution is -2.16. The fourth-order valence-corrected chi connectivity index (χ4v) is 4.56. The van der Waals surface area contributed by atoms with Crippen molar-refractivity contribution in [2.24, 2.45) is 0 Å². The average Bonchev–Trinajstić information content (AvgIpc) is 2.74. The molecule has 8 heteroatoms. The van der Waals surface area contributed by atoms with Crippen molar-refractivity contribution in [3.05, 3.63) is 39.5 Å². The first kappa shape index (κ1) is 24.9. The predicted molar refractivity (Wildman–Crippen MR) is 123 cm³/mol. The van der Waals surface area contributed by atoms with Crippen LogP contribution in [0, 0.1) is 6.92 Å². The normalized spacial score (nSPS) is 12.1. The number of methoxy groups -OCH3 is 1. The summed E-state index contributed by atoms with van der Waals surface area (Å²) in [6.45, 7) is 6.23. The summed E-state index contributed by atoms with van der Waals surface area (Å²) in [7, 11) is 1.37. The first-order valence-electron chi connectivity index (χ1n) is 10.4. The van der Waals surface area contributed by atoms with Crippen molar-refractivity contribution in [2.45, 2.75) is 81.6 Å². The van der Waals surface area contributed by atoms with E-state index in [0.29, 0.717) is 14.9 Å². The number of aryl methyl sites for hydroxylation is 1. The smallest absolute Gasteiger partial charge is 0.358 e. The Labute approximate surface area is 193 Å². The number of carbonyl (C=O) groups is 1. The summed E-state index contributed by atoms with van der Waals surface area (Å²) in [4.78, 5) is 26.6. The molecular formula is C22H29Cl2N3O2S. The second-order valence-electron chi connectivity index (χ2n) is 7.16. The van der Waals surface area contributed by atoms with Crippen LogP contribution < -0.4 is 0 Å². The van der Waals surface area contributed by atoms with Crippen molar-refractivity contribution >= 4 is 40.9 Å². The highest BCUT2D eigenvalue weighted by Crippen LogP contribution is 2.37. The molecule has 0 aliphatic heterocycles. The lowest BCUT2D eigenvalue weighted by molar-refractivity contribution is 0.0590. The lowest BCUT2D eigenvalue weighted by atomic mass is 9.93. The summed E-state index contributed by atoms with van der Waals surface area (Å²) in [5.41, 5.74) is 1.75. The summed E-state index contributed by atoms with van der Waals surface area (Å²) >= 11 is 13.6. The van der Waals surface area contributed by atoms with E-state index in [0.717, 1.165) is 30.7 Å². The summed E-state index contributed by atoms with van der Waals surface area (Å²) in [6, 6.07) is 1.76. The average molecular weight is 470 g/mol. The Morgan fingerprint density at radius 2 is 1.90 bits per heavy atom. The SMILES string of the molecule is CCCCCCCC(CC)c1nc(C)c(Sc2ccnc(Cl)c2Cl)nc1C(=O)OC. The van der Waals surface area contributed by atoms with E-state index >= 15 is 0 Å². The number of carbonyl (C=O) groups excluding carboxylic acids is 1. The van der Waals surface area contributed by atoms with Crippen LogP contribution in [0.4, 0.5) is 0 Å². The number of halogens is 2. The van der Waals surface area contributed by atoms with Crippen LogP contribution in [-0.2, 0) is 4.74 Å². The number of aromatic nitrogens is 3. The largest absolute Gasteiger partial charge is 0.464 e. The van der Waals surface area contributed by atoms with Crippen molar-refractivity contribution in [1.29, 1.82) is 0 Å². The maximum atomic E-state index is 12.5. The molecule has 2 aromatic rings. The molecule has 1 atom stereocenters. The highest BCUT2D eigenvalue weighted by Gasteiger charge is 2.25. The number of pyridine rings is 1. The molecule has 5 nitrogen and oxygen atoms in total. The molecule has 0 spiro atoms. The van der Waals surface area contributed by atoms with Gasteiger partial charge < -0.3 is 4.74 Å². The predicted octanol–water partition coefficient (Wildman–Crippen LogP) is 7.28. The van der Waals surface area contributed by atoms with Crippen LogP contribution in [0.15, 0.2) is 22.2 Å². The molecular weight excluding hydrogens is 441 g/mol. The molecule has 0 aromatic carbocycles. The molecule has 0 aliphatic carbocycles. The van der Waals surface area contributed by atoms with Gasteiger partial charge in [-0.05, 0) is 25.8 Å². The fourth-order valence-electron chi connectivity index (χ4n) is 3.26. The molecule has 2 aromatic heterocycles. The van der Waals surface area contributed by atoms with Gasteiger partial charge in [0.05, 0.1) is 23.5 Å². The summed E-state index contributed by atoms with van der Waals surface area (Å²) < 4.78 is 5.01. The molecule has 0 saturated heterocycles. The zero-order chi connectivity index (χ0) is 22.1. The van der Waals surface area contributed by atoms with E-state index < -0.39 is 5.97 Å². The van der Waals surface area contributed by atoms with E-state index in [1.54, 1.807) is 12.3 Å². The van der Waals surface area contributed by atoms with Gasteiger partial charge >= 0.3 is 5.97 Å². The maximum Gasteiger partial charge on any atom is 0.358 e. The zero-order valence-electron chi connectivity index (χ0n) is 18.0. The number of rotatable bonds is 11. The van der Waals surface area contributed by atoms with Crippen LogP contribution >= 0.6 is 35.0 Å². The molecule has 1 unspecified atom stereocenters. The molecule has 0 N–H and O–H groups in total. The molecule has 2 heterocycles. The van der Waals surface area contributed by atoms with Crippen LogP contribution in [0.2, 0.25) is 10.2 Å². The number of esters is 1. The number of ether oxygens (including phenoxy) is 1. The minimum absolute atomic E-state index is 0.171. The van der Waals surface area contributed by atoms with Crippen LogP contribution in [0.25, 0.3) is 0 Å². The number of hydrogen-bond acceptors (Lipinski definition) is 6. The summed E-state index contributed by atoms with van der Waals surface area (Å²) in [6.07, 6.45) is 9.49. The Balaban J connectivity index is 2.33. The second kappa shape index (κ2) is 12.5. The van der Waals surface area contributed by atoms with Crippen LogP contribution in [-0.4, -0.2) is 28.0 Å². The Kier molecular flexibility index (Phi) is 10.4. The van der Waals surface area contributed by atoms with E-state index in [4.69, 9.17) is 32.9 Å². The van der Waals surface area contributed by atoms with E-state index in [1.165, 1.54) is 44.6 Å². The van der Waals surface area contributed by atoms with Gasteiger partial charge in [-0.15, -0.1) is 0 Å². The quantitative estimate of drug-likeness (QED) is 0.195. The molecule has 2 rings (SSSR count). The van der Waals surface area contributed by atoms with E-state index in [2.05, 4.69) is 23.8 Å². The fraction of sp³-hybridized carbons (Fsp3) is 0.545. The minimum Gasteiger partial charge on any atom is -0.464 e. The molecule has 0 amide bonds. The van der Waals surface area contributed by atoms with Crippen molar-refractivity contribution in [1.82, 2.24) is 15.0 Å². The highest BCUT2D eigenvalue weighted by atomic mass is 35.5. The van der Waals surface area contributed by atoms with Crippen molar-refractivity contribution in [3.8, 4) is 0 Å². The lowest BCUT2D eigenvalue weighted by Gasteiger charge is -2.18. The van der Waals surface area contributed by atoms with Gasteiger partial charge in [0.2, 0.25) is 0 Å². The molecule has 30 heavy (non-hydrogen) atoms. The molecule has 164 valence electrons. The van der Waals surface area contributed by atoms with Crippen LogP contribution in [0.1, 0.15) is 86.6 Å². The third-order valence-corrected chi connectivity index (χ3v) is 7.00. The summed E-state index contributed by atoms with van der Waals surface area (Å²) in [5, 5.41) is 1.18. The number of nitrogens with zero attached hydrogens (tertiary/aromatic N) is 3. The van der Waals surface area contributed by atoms with Crippen molar-refractivity contribution < 1.29 is 9.53 Å². The first-order valence-corrected chi connectivity index (χ1v) is 11.9. The van der Waals surface area contributed by atoms with Gasteiger partial charge in [0.15, 0.2) is 5.69 Å². The van der Waals surface area contributed by atoms with Crippen LogP contribution in [0.5, 0.6) is 0 Å². The highest BCUT2D eigenvalue weighted by molar-refractivity contribution is 7.99. The monoisotopic (exact) mass is 469 g/mol. The Morgan fingerprint density at radius 3 is 2.57 bits per heavy atom. The second-order valence-corrected chi connectivity index (χ2v) is 8.93. The maximum absolute atomic E-state index is 12.5. The van der Waals surface area contributed by atoms with Gasteiger partial charge in [0.25, 0.3) is 0 Å². The van der Waals surface area contributed by atoms with Gasteiger partial charge in [-0.2, -0.15) is 0 Å². The zero-order valence-corrected chi connectivity index (χ0v) is 20.3. The Morgan fingerprint density at radius 1 is 1.17 bits per heavy atom. The minimum atomic E-state index is -0.470. The third-order valence-electron chi connectivity index (χ3n) is 4.99. The Hall–Kier alpha value is -1.37. The molecule has 0 bridgehead atoms. The molecule has 0 saturated carbocycles. The summed E-state index contributed by atoms with van der Waals surface area (Å²) in [5.74, 6) is -0.299. The van der Waals surface area contributed by atoms with Gasteiger partial charge in [-0.3, -0.25) is 4.98 Å².